The highest BCUT2D eigenvalue weighted by atomic mass is 79.9. The number of alkyl halides is 1. The Hall–Kier alpha value is 0.480. The van der Waals surface area contributed by atoms with E-state index in [1.54, 1.807) is 0 Å². The summed E-state index contributed by atoms with van der Waals surface area (Å²) in [5.41, 5.74) is 1.09. The van der Waals surface area contributed by atoms with Gasteiger partial charge >= 0.3 is 0 Å². The molecule has 0 bridgehead atoms. The summed E-state index contributed by atoms with van der Waals surface area (Å²) in [4.78, 5) is 0. The lowest BCUT2D eigenvalue weighted by Crippen LogP contribution is -2.08. The molecular weight excluding hydrogens is 212 g/mol. The monoisotopic (exact) mass is 232 g/mol. The van der Waals surface area contributed by atoms with Crippen LogP contribution in [0.2, 0.25) is 0 Å². The lowest BCUT2D eigenvalue weighted by Gasteiger charge is -2.18. The molecule has 1 rings (SSSR count). The zero-order chi connectivity index (χ0) is 9.57. The lowest BCUT2D eigenvalue weighted by atomic mass is 9.87. The van der Waals surface area contributed by atoms with Gasteiger partial charge in [0.2, 0.25) is 0 Å². The van der Waals surface area contributed by atoms with E-state index in [4.69, 9.17) is 0 Å². The average Bonchev–Trinajstić information content (AvgIpc) is 2.30. The van der Waals surface area contributed by atoms with Crippen LogP contribution in [0, 0.1) is 22.7 Å². The van der Waals surface area contributed by atoms with Crippen molar-refractivity contribution >= 4 is 15.9 Å². The maximum Gasteiger partial charge on any atom is 0.00677 e. The molecule has 12 heavy (non-hydrogen) atoms. The smallest absolute Gasteiger partial charge is 0.00677 e. The van der Waals surface area contributed by atoms with Gasteiger partial charge in [-0.15, -0.1) is 0 Å². The summed E-state index contributed by atoms with van der Waals surface area (Å²) in [5.74, 6) is 1.86. The van der Waals surface area contributed by atoms with Crippen LogP contribution in [0.5, 0.6) is 0 Å². The van der Waals surface area contributed by atoms with Gasteiger partial charge < -0.3 is 0 Å². The van der Waals surface area contributed by atoms with Crippen LogP contribution >= 0.6 is 15.9 Å². The van der Waals surface area contributed by atoms with Crippen molar-refractivity contribution in [2.24, 2.45) is 22.7 Å². The second-order valence-corrected chi connectivity index (χ2v) is 6.60. The standard InChI is InChI=1S/C11H21Br/c1-10(2,3)6-8-9(7-12)11(8,4)5/h8-9H,6-7H2,1-5H3. The Balaban J connectivity index is 2.48. The van der Waals surface area contributed by atoms with Crippen LogP contribution in [-0.2, 0) is 0 Å². The van der Waals surface area contributed by atoms with Crippen LogP contribution in [0.25, 0.3) is 0 Å². The number of hydrogen-bond donors (Lipinski definition) is 0. The van der Waals surface area contributed by atoms with Gasteiger partial charge in [0, 0.05) is 5.33 Å². The Kier molecular flexibility index (Phi) is 2.65. The van der Waals surface area contributed by atoms with Crippen molar-refractivity contribution in [1.29, 1.82) is 0 Å². The normalized spacial score (nSPS) is 33.5. The number of hydrogen-bond acceptors (Lipinski definition) is 0. The predicted molar refractivity (Wildman–Crippen MR) is 58.6 cm³/mol. The summed E-state index contributed by atoms with van der Waals surface area (Å²) in [6.07, 6.45) is 1.37. The first-order valence-electron chi connectivity index (χ1n) is 4.85. The van der Waals surface area contributed by atoms with E-state index in [1.165, 1.54) is 11.8 Å². The van der Waals surface area contributed by atoms with Gasteiger partial charge in [-0.1, -0.05) is 50.5 Å². The number of rotatable bonds is 2. The molecule has 1 fully saturated rings. The third-order valence-electron chi connectivity index (χ3n) is 3.29. The fourth-order valence-electron chi connectivity index (χ4n) is 2.23. The van der Waals surface area contributed by atoms with Crippen molar-refractivity contribution in [2.45, 2.75) is 41.0 Å². The summed E-state index contributed by atoms with van der Waals surface area (Å²) in [5, 5.41) is 1.18. The topological polar surface area (TPSA) is 0 Å². The van der Waals surface area contributed by atoms with E-state index in [2.05, 4.69) is 50.5 Å². The highest BCUT2D eigenvalue weighted by molar-refractivity contribution is 9.09. The van der Waals surface area contributed by atoms with Crippen molar-refractivity contribution in [3.05, 3.63) is 0 Å². The minimum atomic E-state index is 0.499. The van der Waals surface area contributed by atoms with Crippen LogP contribution in [0.1, 0.15) is 41.0 Å². The van der Waals surface area contributed by atoms with Gasteiger partial charge in [0.15, 0.2) is 0 Å². The van der Waals surface area contributed by atoms with Gasteiger partial charge in [-0.3, -0.25) is 0 Å². The van der Waals surface area contributed by atoms with Crippen LogP contribution < -0.4 is 0 Å². The largest absolute Gasteiger partial charge is 0.0925 e. The minimum Gasteiger partial charge on any atom is -0.0925 e. The third kappa shape index (κ3) is 2.04. The summed E-state index contributed by atoms with van der Waals surface area (Å²) < 4.78 is 0. The Morgan fingerprint density at radius 3 is 1.92 bits per heavy atom. The highest BCUT2D eigenvalue weighted by Crippen LogP contribution is 2.62. The highest BCUT2D eigenvalue weighted by Gasteiger charge is 2.56. The molecule has 2 unspecified atom stereocenters. The second kappa shape index (κ2) is 3.01. The average molecular weight is 233 g/mol. The maximum atomic E-state index is 3.60. The fourth-order valence-corrected chi connectivity index (χ4v) is 3.51. The Labute approximate surface area is 85.3 Å². The SMILES string of the molecule is CC(C)(C)CC1C(CBr)C1(C)C. The first kappa shape index (κ1) is 10.6. The van der Waals surface area contributed by atoms with E-state index in [1.807, 2.05) is 0 Å². The van der Waals surface area contributed by atoms with Gasteiger partial charge in [0.1, 0.15) is 0 Å². The van der Waals surface area contributed by atoms with Crippen LogP contribution in [0.15, 0.2) is 0 Å². The first-order valence-corrected chi connectivity index (χ1v) is 5.97. The molecule has 72 valence electrons. The third-order valence-corrected chi connectivity index (χ3v) is 3.98. The quantitative estimate of drug-likeness (QED) is 0.630. The molecule has 1 saturated carbocycles. The molecule has 0 aromatic rings. The zero-order valence-corrected chi connectivity index (χ0v) is 10.5. The first-order chi connectivity index (χ1) is 5.29. The number of halogens is 1. The van der Waals surface area contributed by atoms with Gasteiger partial charge in [-0.2, -0.15) is 0 Å². The summed E-state index contributed by atoms with van der Waals surface area (Å²) in [6.45, 7) is 11.8. The van der Waals surface area contributed by atoms with E-state index in [0.29, 0.717) is 10.8 Å². The van der Waals surface area contributed by atoms with Gasteiger partial charge in [0.25, 0.3) is 0 Å². The second-order valence-electron chi connectivity index (χ2n) is 5.95. The molecule has 2 atom stereocenters. The summed E-state index contributed by atoms with van der Waals surface area (Å²) in [7, 11) is 0. The molecule has 0 aliphatic heterocycles. The Bertz CT molecular complexity index is 164. The summed E-state index contributed by atoms with van der Waals surface area (Å²) >= 11 is 3.60. The Morgan fingerprint density at radius 1 is 1.17 bits per heavy atom. The van der Waals surface area contributed by atoms with Crippen molar-refractivity contribution in [2.75, 3.05) is 5.33 Å². The van der Waals surface area contributed by atoms with Crippen LogP contribution in [0.3, 0.4) is 0 Å². The molecule has 0 radical (unpaired) electrons. The van der Waals surface area contributed by atoms with Crippen LogP contribution in [0.4, 0.5) is 0 Å². The molecular formula is C11H21Br. The molecule has 1 heteroatoms. The van der Waals surface area contributed by atoms with Crippen molar-refractivity contribution < 1.29 is 0 Å². The van der Waals surface area contributed by atoms with Gasteiger partial charge in [-0.05, 0) is 29.1 Å². The van der Waals surface area contributed by atoms with E-state index < -0.39 is 0 Å². The molecule has 0 heterocycles. The predicted octanol–water partition coefficient (Wildman–Crippen LogP) is 4.09. The van der Waals surface area contributed by atoms with E-state index >= 15 is 0 Å². The fraction of sp³-hybridized carbons (Fsp3) is 1.00. The molecule has 1 aliphatic rings. The molecule has 0 spiro atoms. The van der Waals surface area contributed by atoms with E-state index in [-0.39, 0.29) is 0 Å². The van der Waals surface area contributed by atoms with Crippen molar-refractivity contribution in [1.82, 2.24) is 0 Å². The van der Waals surface area contributed by atoms with Gasteiger partial charge in [-0.25, -0.2) is 0 Å². The molecule has 0 saturated heterocycles. The molecule has 0 amide bonds. The van der Waals surface area contributed by atoms with Crippen LogP contribution in [-0.4, -0.2) is 5.33 Å². The van der Waals surface area contributed by atoms with Gasteiger partial charge in [0.05, 0.1) is 0 Å². The zero-order valence-electron chi connectivity index (χ0n) is 8.95. The van der Waals surface area contributed by atoms with Crippen molar-refractivity contribution in [3.8, 4) is 0 Å². The molecule has 0 aromatic carbocycles. The lowest BCUT2D eigenvalue weighted by molar-refractivity contribution is 0.326. The molecule has 0 aromatic heterocycles. The maximum absolute atomic E-state index is 3.60. The molecule has 0 N–H and O–H groups in total. The molecule has 0 nitrogen and oxygen atoms in total. The Morgan fingerprint density at radius 2 is 1.67 bits per heavy atom. The molecule has 1 aliphatic carbocycles. The van der Waals surface area contributed by atoms with E-state index in [0.717, 1.165) is 11.8 Å². The van der Waals surface area contributed by atoms with Crippen molar-refractivity contribution in [3.63, 3.8) is 0 Å². The minimum absolute atomic E-state index is 0.499. The van der Waals surface area contributed by atoms with E-state index in [9.17, 15) is 0 Å². The summed E-state index contributed by atoms with van der Waals surface area (Å²) in [6, 6.07) is 0.